The van der Waals surface area contributed by atoms with Gasteiger partial charge >= 0.3 is 0 Å². The zero-order chi connectivity index (χ0) is 22.7. The first-order valence-corrected chi connectivity index (χ1v) is 14.5. The molecule has 2 aromatic rings. The molecule has 2 saturated heterocycles. The average molecular weight is 473 g/mol. The molecule has 172 valence electrons. The molecule has 0 saturated carbocycles. The average Bonchev–Trinajstić information content (AvgIpc) is 3.29. The van der Waals surface area contributed by atoms with Crippen molar-refractivity contribution in [3.8, 4) is 5.75 Å². The third kappa shape index (κ3) is 3.98. The Morgan fingerprint density at radius 3 is 2.56 bits per heavy atom. The molecule has 32 heavy (non-hydrogen) atoms. The summed E-state index contributed by atoms with van der Waals surface area (Å²) in [5.41, 5.74) is 3.35. The van der Waals surface area contributed by atoms with Crippen LogP contribution in [0.5, 0.6) is 5.75 Å². The van der Waals surface area contributed by atoms with Crippen LogP contribution in [0.15, 0.2) is 24.3 Å². The fraction of sp³-hybridized carbons (Fsp3) is 0.577. The summed E-state index contributed by atoms with van der Waals surface area (Å²) < 4.78 is 23.7. The number of fused-ring (bicyclic) bond motifs is 2. The van der Waals surface area contributed by atoms with Crippen molar-refractivity contribution in [3.05, 3.63) is 41.0 Å². The monoisotopic (exact) mass is 472 g/mol. The van der Waals surface area contributed by atoms with Crippen molar-refractivity contribution in [2.75, 3.05) is 11.5 Å². The number of thioether (sulfide) groups is 1. The third-order valence-electron chi connectivity index (χ3n) is 7.95. The largest absolute Gasteiger partial charge is 0.507 e. The molecule has 0 bridgehead atoms. The first kappa shape index (κ1) is 22.3. The number of ketones is 1. The number of hydrogen-bond acceptors (Lipinski definition) is 5. The van der Waals surface area contributed by atoms with Crippen LogP contribution in [0.4, 0.5) is 0 Å². The van der Waals surface area contributed by atoms with Crippen LogP contribution in [0.1, 0.15) is 56.2 Å². The number of aromatic hydroxyl groups is 1. The summed E-state index contributed by atoms with van der Waals surface area (Å²) >= 11 is 1.75. The summed E-state index contributed by atoms with van der Waals surface area (Å²) in [6.07, 6.45) is 6.06. The van der Waals surface area contributed by atoms with Crippen LogP contribution >= 0.6 is 11.8 Å². The van der Waals surface area contributed by atoms with Crippen molar-refractivity contribution < 1.29 is 18.3 Å². The number of hydrogen-bond donors (Lipinski definition) is 1. The van der Waals surface area contributed by atoms with Crippen LogP contribution in [0.25, 0.3) is 10.8 Å². The number of phenols is 1. The Morgan fingerprint density at radius 2 is 1.88 bits per heavy atom. The van der Waals surface area contributed by atoms with Gasteiger partial charge in [0, 0.05) is 16.6 Å². The maximum absolute atomic E-state index is 13.4. The molecule has 3 aliphatic rings. The number of rotatable bonds is 6. The summed E-state index contributed by atoms with van der Waals surface area (Å²) in [4.78, 5) is 13.4. The van der Waals surface area contributed by atoms with Crippen molar-refractivity contribution >= 4 is 38.2 Å². The summed E-state index contributed by atoms with van der Waals surface area (Å²) in [6.45, 7) is 4.33. The van der Waals surface area contributed by atoms with Crippen LogP contribution < -0.4 is 0 Å². The Bertz CT molecular complexity index is 1190. The number of phenolic OH excluding ortho intramolecular Hbond substituents is 1. The molecule has 2 heterocycles. The number of sulfone groups is 1. The summed E-state index contributed by atoms with van der Waals surface area (Å²) in [5.74, 6) is 1.82. The van der Waals surface area contributed by atoms with Crippen LogP contribution in [0.2, 0.25) is 0 Å². The van der Waals surface area contributed by atoms with Gasteiger partial charge in [-0.05, 0) is 79.4 Å². The molecule has 0 spiro atoms. The Labute approximate surface area is 195 Å². The van der Waals surface area contributed by atoms with Gasteiger partial charge in [-0.3, -0.25) is 4.79 Å². The van der Waals surface area contributed by atoms with Gasteiger partial charge in [-0.1, -0.05) is 31.2 Å². The second-order valence-corrected chi connectivity index (χ2v) is 14.2. The molecule has 2 aliphatic heterocycles. The molecule has 4 nitrogen and oxygen atoms in total. The normalized spacial score (nSPS) is 29.6. The van der Waals surface area contributed by atoms with Crippen LogP contribution in [0, 0.1) is 11.8 Å². The van der Waals surface area contributed by atoms with Gasteiger partial charge in [0.1, 0.15) is 5.75 Å². The second kappa shape index (κ2) is 8.05. The van der Waals surface area contributed by atoms with E-state index in [2.05, 4.69) is 13.8 Å². The number of benzene rings is 2. The third-order valence-corrected chi connectivity index (χ3v) is 11.5. The van der Waals surface area contributed by atoms with E-state index in [1.807, 2.05) is 24.3 Å². The van der Waals surface area contributed by atoms with Gasteiger partial charge in [0.15, 0.2) is 15.6 Å². The fourth-order valence-corrected chi connectivity index (χ4v) is 9.37. The van der Waals surface area contributed by atoms with E-state index in [-0.39, 0.29) is 21.7 Å². The Kier molecular flexibility index (Phi) is 5.60. The highest BCUT2D eigenvalue weighted by Crippen LogP contribution is 2.58. The Balaban J connectivity index is 1.36. The van der Waals surface area contributed by atoms with Crippen molar-refractivity contribution in [1.82, 2.24) is 0 Å². The quantitative estimate of drug-likeness (QED) is 0.607. The number of carbonyl (C=O) groups excluding carboxylic acids is 1. The minimum atomic E-state index is -2.87. The fourth-order valence-electron chi connectivity index (χ4n) is 6.12. The lowest BCUT2D eigenvalue weighted by atomic mass is 9.81. The van der Waals surface area contributed by atoms with Crippen LogP contribution in [-0.4, -0.2) is 40.8 Å². The molecule has 1 N–H and O–H groups in total. The molecule has 4 unspecified atom stereocenters. The van der Waals surface area contributed by atoms with Gasteiger partial charge in [-0.25, -0.2) is 8.42 Å². The van der Waals surface area contributed by atoms with Crippen LogP contribution in [-0.2, 0) is 33.9 Å². The summed E-state index contributed by atoms with van der Waals surface area (Å²) in [6, 6.07) is 7.93. The molecule has 0 amide bonds. The zero-order valence-corrected chi connectivity index (χ0v) is 20.5. The predicted octanol–water partition coefficient (Wildman–Crippen LogP) is 4.87. The van der Waals surface area contributed by atoms with Gasteiger partial charge in [0.05, 0.1) is 16.8 Å². The molecular weight excluding hydrogens is 440 g/mol. The smallest absolute Gasteiger partial charge is 0.151 e. The highest BCUT2D eigenvalue weighted by Gasteiger charge is 2.56. The summed E-state index contributed by atoms with van der Waals surface area (Å²) in [5, 5.41) is 12.7. The first-order chi connectivity index (χ1) is 15.2. The van der Waals surface area contributed by atoms with E-state index in [0.717, 1.165) is 60.4 Å². The Morgan fingerprint density at radius 1 is 1.19 bits per heavy atom. The van der Waals surface area contributed by atoms with Gasteiger partial charge in [-0.2, -0.15) is 0 Å². The van der Waals surface area contributed by atoms with E-state index in [0.29, 0.717) is 29.6 Å². The molecule has 5 rings (SSSR count). The van der Waals surface area contributed by atoms with E-state index in [9.17, 15) is 18.3 Å². The van der Waals surface area contributed by atoms with Crippen molar-refractivity contribution in [3.63, 3.8) is 0 Å². The second-order valence-electron chi connectivity index (χ2n) is 10.3. The Hall–Kier alpha value is -1.53. The maximum Gasteiger partial charge on any atom is 0.151 e. The lowest BCUT2D eigenvalue weighted by molar-refractivity contribution is -0.117. The minimum absolute atomic E-state index is 0.0187. The van der Waals surface area contributed by atoms with E-state index in [4.69, 9.17) is 0 Å². The van der Waals surface area contributed by atoms with E-state index >= 15 is 0 Å². The van der Waals surface area contributed by atoms with E-state index in [1.165, 1.54) is 5.56 Å². The van der Waals surface area contributed by atoms with Gasteiger partial charge in [0.25, 0.3) is 0 Å². The standard InChI is InChI=1S/C26H32O4S2/c1-16(17-11-12-32(29,30)15-17)14-26(2)25(31-26)23(27)13-22-18-7-3-5-9-20(18)24(28)21-10-6-4-8-19(21)22/h3,5,7,9,16-17,25,28H,4,6,8,10-15H2,1-2H3. The summed E-state index contributed by atoms with van der Waals surface area (Å²) in [7, 11) is -2.87. The molecule has 6 heteroatoms. The molecule has 4 atom stereocenters. The molecular formula is C26H32O4S2. The zero-order valence-electron chi connectivity index (χ0n) is 18.9. The van der Waals surface area contributed by atoms with E-state index in [1.54, 1.807) is 11.8 Å². The SMILES string of the molecule is CC(CC1(C)SC1C(=O)Cc1c2c(c(O)c3ccccc13)CCCC2)C1CCS(=O)(=O)C1. The molecule has 2 fully saturated rings. The molecule has 0 radical (unpaired) electrons. The topological polar surface area (TPSA) is 71.4 Å². The van der Waals surface area contributed by atoms with Gasteiger partial charge < -0.3 is 5.11 Å². The predicted molar refractivity (Wildman–Crippen MR) is 131 cm³/mol. The van der Waals surface area contributed by atoms with Crippen molar-refractivity contribution in [2.24, 2.45) is 11.8 Å². The lowest BCUT2D eigenvalue weighted by Crippen LogP contribution is -2.25. The number of carbonyl (C=O) groups is 1. The van der Waals surface area contributed by atoms with Gasteiger partial charge in [0.2, 0.25) is 0 Å². The van der Waals surface area contributed by atoms with Gasteiger partial charge in [-0.15, -0.1) is 11.8 Å². The minimum Gasteiger partial charge on any atom is -0.507 e. The maximum atomic E-state index is 13.4. The van der Waals surface area contributed by atoms with Crippen molar-refractivity contribution in [2.45, 2.75) is 68.8 Å². The van der Waals surface area contributed by atoms with E-state index < -0.39 is 9.84 Å². The highest BCUT2D eigenvalue weighted by molar-refractivity contribution is 8.09. The van der Waals surface area contributed by atoms with Crippen molar-refractivity contribution in [1.29, 1.82) is 0 Å². The number of Topliss-reactive ketones (excluding diaryl/α,β-unsaturated/α-hetero) is 1. The molecule has 2 aromatic carbocycles. The highest BCUT2D eigenvalue weighted by atomic mass is 32.2. The van der Waals surface area contributed by atoms with Crippen LogP contribution in [0.3, 0.4) is 0 Å². The first-order valence-electron chi connectivity index (χ1n) is 11.8. The molecule has 0 aromatic heterocycles. The molecule has 1 aliphatic carbocycles. The lowest BCUT2D eigenvalue weighted by Gasteiger charge is -2.23.